The Bertz CT molecular complexity index is 493. The van der Waals surface area contributed by atoms with Gasteiger partial charge in [-0.05, 0) is 53.9 Å². The van der Waals surface area contributed by atoms with Gasteiger partial charge in [0, 0.05) is 63.9 Å². The van der Waals surface area contributed by atoms with Crippen LogP contribution >= 0.6 is 24.0 Å². The molecular weight excluding hydrogens is 479 g/mol. The van der Waals surface area contributed by atoms with Gasteiger partial charge in [-0.15, -0.1) is 24.0 Å². The van der Waals surface area contributed by atoms with Crippen molar-refractivity contribution in [1.29, 1.82) is 0 Å². The van der Waals surface area contributed by atoms with Crippen LogP contribution in [0.25, 0.3) is 0 Å². The van der Waals surface area contributed by atoms with Gasteiger partial charge in [0.05, 0.1) is 6.54 Å². The van der Waals surface area contributed by atoms with Crippen molar-refractivity contribution in [3.8, 4) is 0 Å². The Morgan fingerprint density at radius 1 is 1.10 bits per heavy atom. The van der Waals surface area contributed by atoms with Crippen molar-refractivity contribution in [3.63, 3.8) is 0 Å². The molecule has 1 heterocycles. The number of piperazine rings is 1. The van der Waals surface area contributed by atoms with Gasteiger partial charge in [0.25, 0.3) is 0 Å². The largest absolute Gasteiger partial charge is 0.357 e. The van der Waals surface area contributed by atoms with E-state index in [1.54, 1.807) is 0 Å². The molecule has 2 rings (SSSR count). The number of hydrogen-bond donors (Lipinski definition) is 2. The Labute approximate surface area is 195 Å². The lowest BCUT2D eigenvalue weighted by Gasteiger charge is -2.36. The Morgan fingerprint density at radius 3 is 2.24 bits per heavy atom. The zero-order chi connectivity index (χ0) is 20.5. The topological polar surface area (TPSA) is 63.2 Å². The van der Waals surface area contributed by atoms with Gasteiger partial charge in [0.2, 0.25) is 5.91 Å². The van der Waals surface area contributed by atoms with E-state index in [0.717, 1.165) is 71.0 Å². The second-order valence-electron chi connectivity index (χ2n) is 8.62. The van der Waals surface area contributed by atoms with E-state index < -0.39 is 0 Å². The van der Waals surface area contributed by atoms with Gasteiger partial charge in [0.1, 0.15) is 0 Å². The maximum atomic E-state index is 12.0. The molecular formula is C21H43IN6O. The summed E-state index contributed by atoms with van der Waals surface area (Å²) in [5.74, 6) is 1.20. The fraction of sp³-hybridized carbons (Fsp3) is 0.905. The second kappa shape index (κ2) is 13.6. The minimum atomic E-state index is 0. The molecule has 0 aromatic carbocycles. The molecule has 1 aliphatic heterocycles. The fourth-order valence-electron chi connectivity index (χ4n) is 3.80. The number of amides is 1. The van der Waals surface area contributed by atoms with E-state index in [1.807, 2.05) is 0 Å². The van der Waals surface area contributed by atoms with Crippen LogP contribution in [0.1, 0.15) is 53.9 Å². The fourth-order valence-corrected chi connectivity index (χ4v) is 3.80. The number of aliphatic imine (C=N–C) groups is 1. The normalized spacial score (nSPS) is 18.3. The van der Waals surface area contributed by atoms with Crippen molar-refractivity contribution < 1.29 is 4.79 Å². The summed E-state index contributed by atoms with van der Waals surface area (Å²) in [6.45, 7) is 18.2. The molecule has 2 fully saturated rings. The number of nitrogens with zero attached hydrogens (tertiary/aromatic N) is 4. The highest BCUT2D eigenvalue weighted by Gasteiger charge is 2.25. The Balaban J connectivity index is 0.00000420. The van der Waals surface area contributed by atoms with Crippen molar-refractivity contribution in [2.24, 2.45) is 4.99 Å². The first kappa shape index (κ1) is 26.4. The molecule has 7 nitrogen and oxygen atoms in total. The third-order valence-electron chi connectivity index (χ3n) is 5.48. The highest BCUT2D eigenvalue weighted by Crippen LogP contribution is 2.18. The van der Waals surface area contributed by atoms with Crippen LogP contribution in [-0.4, -0.2) is 97.1 Å². The average Bonchev–Trinajstić information content (AvgIpc) is 3.44. The minimum absolute atomic E-state index is 0. The van der Waals surface area contributed by atoms with Gasteiger partial charge < -0.3 is 15.5 Å². The molecule has 0 unspecified atom stereocenters. The third-order valence-corrected chi connectivity index (χ3v) is 5.48. The van der Waals surface area contributed by atoms with E-state index in [0.29, 0.717) is 24.7 Å². The molecule has 0 aromatic heterocycles. The van der Waals surface area contributed by atoms with E-state index >= 15 is 0 Å². The third kappa shape index (κ3) is 9.83. The molecule has 29 heavy (non-hydrogen) atoms. The van der Waals surface area contributed by atoms with Crippen LogP contribution in [-0.2, 0) is 4.79 Å². The summed E-state index contributed by atoms with van der Waals surface area (Å²) in [5, 5.41) is 6.52. The quantitative estimate of drug-likeness (QED) is 0.199. The van der Waals surface area contributed by atoms with Crippen molar-refractivity contribution >= 4 is 35.8 Å². The SMILES string of the molecule is CCNC(=NCCCN(C(C)C)C(C)C)N1CCN(CC(=O)NC2CC2)CC1.I. The summed E-state index contributed by atoms with van der Waals surface area (Å²) in [7, 11) is 0. The van der Waals surface area contributed by atoms with E-state index in [2.05, 4.69) is 60.0 Å². The molecule has 0 bridgehead atoms. The first-order chi connectivity index (χ1) is 13.4. The first-order valence-corrected chi connectivity index (χ1v) is 11.2. The molecule has 1 amide bonds. The molecule has 0 spiro atoms. The number of carbonyl (C=O) groups is 1. The Morgan fingerprint density at radius 2 is 1.72 bits per heavy atom. The highest BCUT2D eigenvalue weighted by molar-refractivity contribution is 14.0. The van der Waals surface area contributed by atoms with Gasteiger partial charge >= 0.3 is 0 Å². The monoisotopic (exact) mass is 522 g/mol. The van der Waals surface area contributed by atoms with Crippen molar-refractivity contribution in [2.75, 3.05) is 52.4 Å². The van der Waals surface area contributed by atoms with Crippen molar-refractivity contribution in [3.05, 3.63) is 0 Å². The molecule has 1 saturated carbocycles. The van der Waals surface area contributed by atoms with Crippen molar-refractivity contribution in [2.45, 2.75) is 72.0 Å². The lowest BCUT2D eigenvalue weighted by molar-refractivity contribution is -0.122. The summed E-state index contributed by atoms with van der Waals surface area (Å²) in [4.78, 5) is 24.0. The first-order valence-electron chi connectivity index (χ1n) is 11.2. The second-order valence-corrected chi connectivity index (χ2v) is 8.62. The van der Waals surface area contributed by atoms with Gasteiger partial charge in [-0.2, -0.15) is 0 Å². The minimum Gasteiger partial charge on any atom is -0.357 e. The maximum absolute atomic E-state index is 12.0. The summed E-state index contributed by atoms with van der Waals surface area (Å²) in [6, 6.07) is 1.59. The summed E-state index contributed by atoms with van der Waals surface area (Å²) < 4.78 is 0. The average molecular weight is 523 g/mol. The van der Waals surface area contributed by atoms with E-state index in [-0.39, 0.29) is 29.9 Å². The van der Waals surface area contributed by atoms with E-state index in [1.165, 1.54) is 0 Å². The van der Waals surface area contributed by atoms with E-state index in [4.69, 9.17) is 4.99 Å². The van der Waals surface area contributed by atoms with Gasteiger partial charge in [0.15, 0.2) is 5.96 Å². The van der Waals surface area contributed by atoms with Crippen LogP contribution in [0.3, 0.4) is 0 Å². The lowest BCUT2D eigenvalue weighted by atomic mass is 10.2. The molecule has 8 heteroatoms. The van der Waals surface area contributed by atoms with Crippen LogP contribution < -0.4 is 10.6 Å². The van der Waals surface area contributed by atoms with Crippen LogP contribution in [0.2, 0.25) is 0 Å². The molecule has 2 N–H and O–H groups in total. The number of carbonyl (C=O) groups excluding carboxylic acids is 1. The van der Waals surface area contributed by atoms with Crippen LogP contribution in [0.4, 0.5) is 0 Å². The van der Waals surface area contributed by atoms with Gasteiger partial charge in [-0.3, -0.25) is 19.6 Å². The summed E-state index contributed by atoms with van der Waals surface area (Å²) >= 11 is 0. The standard InChI is InChI=1S/C21H42N6O.HI/c1-6-22-21(23-10-7-11-27(17(2)3)18(4)5)26-14-12-25(13-15-26)16-20(28)24-19-8-9-19;/h17-19H,6-16H2,1-5H3,(H,22,23)(H,24,28);1H. The number of hydrogen-bond acceptors (Lipinski definition) is 4. The van der Waals surface area contributed by atoms with E-state index in [9.17, 15) is 4.79 Å². The number of rotatable bonds is 10. The number of nitrogens with one attached hydrogen (secondary N) is 2. The summed E-state index contributed by atoms with van der Waals surface area (Å²) in [5.41, 5.74) is 0. The number of halogens is 1. The van der Waals surface area contributed by atoms with Crippen LogP contribution in [0, 0.1) is 0 Å². The van der Waals surface area contributed by atoms with Gasteiger partial charge in [-0.25, -0.2) is 0 Å². The molecule has 0 aromatic rings. The Kier molecular flexibility index (Phi) is 12.4. The van der Waals surface area contributed by atoms with Crippen LogP contribution in [0.15, 0.2) is 4.99 Å². The zero-order valence-electron chi connectivity index (χ0n) is 19.1. The molecule has 1 saturated heterocycles. The molecule has 0 radical (unpaired) electrons. The maximum Gasteiger partial charge on any atom is 0.234 e. The predicted molar refractivity (Wildman–Crippen MR) is 132 cm³/mol. The predicted octanol–water partition coefficient (Wildman–Crippen LogP) is 1.98. The lowest BCUT2D eigenvalue weighted by Crippen LogP contribution is -2.54. The number of guanidine groups is 1. The molecule has 1 aliphatic carbocycles. The van der Waals surface area contributed by atoms with Crippen molar-refractivity contribution in [1.82, 2.24) is 25.3 Å². The summed E-state index contributed by atoms with van der Waals surface area (Å²) in [6.07, 6.45) is 3.37. The molecule has 0 atom stereocenters. The molecule has 170 valence electrons. The molecule has 2 aliphatic rings. The van der Waals surface area contributed by atoms with Gasteiger partial charge in [-0.1, -0.05) is 0 Å². The Hall–Kier alpha value is -0.610. The smallest absolute Gasteiger partial charge is 0.234 e. The zero-order valence-corrected chi connectivity index (χ0v) is 21.4. The highest BCUT2D eigenvalue weighted by atomic mass is 127. The van der Waals surface area contributed by atoms with Crippen LogP contribution in [0.5, 0.6) is 0 Å².